The fourth-order valence-electron chi connectivity index (χ4n) is 2.07. The summed E-state index contributed by atoms with van der Waals surface area (Å²) in [6.45, 7) is 1.97. The molecule has 0 radical (unpaired) electrons. The maximum atomic E-state index is 9.83. The van der Waals surface area contributed by atoms with Gasteiger partial charge in [0.25, 0.3) is 0 Å². The van der Waals surface area contributed by atoms with Gasteiger partial charge in [-0.1, -0.05) is 42.1 Å². The van der Waals surface area contributed by atoms with E-state index in [4.69, 9.17) is 0 Å². The van der Waals surface area contributed by atoms with Gasteiger partial charge in [-0.25, -0.2) is 4.98 Å². The number of benzene rings is 1. The summed E-state index contributed by atoms with van der Waals surface area (Å²) in [5.74, 6) is 1.70. The third-order valence-corrected chi connectivity index (χ3v) is 5.26. The van der Waals surface area contributed by atoms with Gasteiger partial charge >= 0.3 is 0 Å². The van der Waals surface area contributed by atoms with E-state index in [0.717, 1.165) is 27.9 Å². The van der Waals surface area contributed by atoms with E-state index in [2.05, 4.69) is 14.7 Å². The average Bonchev–Trinajstić information content (AvgIpc) is 2.90. The lowest BCUT2D eigenvalue weighted by molar-refractivity contribution is 0.165. The second kappa shape index (κ2) is 7.17. The summed E-state index contributed by atoms with van der Waals surface area (Å²) in [5.41, 5.74) is 0.715. The van der Waals surface area contributed by atoms with Gasteiger partial charge in [-0.2, -0.15) is 4.37 Å². The normalized spacial score (nSPS) is 14.2. The molecule has 2 N–H and O–H groups in total. The minimum absolute atomic E-state index is 0.0726. The van der Waals surface area contributed by atoms with Crippen LogP contribution in [0.3, 0.4) is 0 Å². The van der Waals surface area contributed by atoms with Crippen LogP contribution in [0.4, 0.5) is 0 Å². The highest BCUT2D eigenvalue weighted by molar-refractivity contribution is 8.00. The molecule has 6 heteroatoms. The summed E-state index contributed by atoms with van der Waals surface area (Å²) in [4.78, 5) is 4.34. The largest absolute Gasteiger partial charge is 0.394 e. The Bertz CT molecular complexity index is 526. The van der Waals surface area contributed by atoms with Crippen molar-refractivity contribution in [2.45, 2.75) is 23.2 Å². The molecule has 0 bridgehead atoms. The maximum Gasteiger partial charge on any atom is 0.170 e. The number of aliphatic hydroxyl groups is 1. The molecule has 0 saturated carbocycles. The highest BCUT2D eigenvalue weighted by atomic mass is 32.2. The molecule has 0 aliphatic rings. The number of aromatic nitrogens is 2. The first-order valence-corrected chi connectivity index (χ1v) is 8.24. The van der Waals surface area contributed by atoms with Crippen molar-refractivity contribution in [2.75, 3.05) is 19.4 Å². The number of aryl methyl sites for hydroxylation is 1. The Labute approximate surface area is 127 Å². The first-order valence-electron chi connectivity index (χ1n) is 6.48. The van der Waals surface area contributed by atoms with Crippen LogP contribution in [-0.2, 0) is 5.54 Å². The highest BCUT2D eigenvalue weighted by Gasteiger charge is 2.29. The van der Waals surface area contributed by atoms with Gasteiger partial charge in [-0.3, -0.25) is 0 Å². The lowest BCUT2D eigenvalue weighted by atomic mass is 9.88. The van der Waals surface area contributed by atoms with Crippen molar-refractivity contribution in [1.82, 2.24) is 14.7 Å². The Morgan fingerprint density at radius 2 is 2.10 bits per heavy atom. The summed E-state index contributed by atoms with van der Waals surface area (Å²) >= 11 is 3.12. The zero-order valence-electron chi connectivity index (χ0n) is 11.7. The van der Waals surface area contributed by atoms with Gasteiger partial charge in [-0.15, -0.1) is 0 Å². The molecule has 1 heterocycles. The van der Waals surface area contributed by atoms with Crippen LogP contribution in [0.1, 0.15) is 17.8 Å². The van der Waals surface area contributed by atoms with E-state index < -0.39 is 5.54 Å². The van der Waals surface area contributed by atoms with Crippen molar-refractivity contribution in [3.05, 3.63) is 41.7 Å². The second-order valence-corrected chi connectivity index (χ2v) is 6.66. The predicted molar refractivity (Wildman–Crippen MR) is 84.3 cm³/mol. The fourth-order valence-corrected chi connectivity index (χ4v) is 3.89. The quantitative estimate of drug-likeness (QED) is 0.769. The highest BCUT2D eigenvalue weighted by Crippen LogP contribution is 2.29. The van der Waals surface area contributed by atoms with Crippen molar-refractivity contribution in [3.63, 3.8) is 0 Å². The number of rotatable bonds is 7. The summed E-state index contributed by atoms with van der Waals surface area (Å²) in [5, 5.41) is 13.1. The third kappa shape index (κ3) is 3.58. The van der Waals surface area contributed by atoms with E-state index in [1.807, 2.05) is 44.3 Å². The molecule has 20 heavy (non-hydrogen) atoms. The molecule has 1 atom stereocenters. The third-order valence-electron chi connectivity index (χ3n) is 3.34. The Morgan fingerprint density at radius 3 is 2.65 bits per heavy atom. The monoisotopic (exact) mass is 309 g/mol. The van der Waals surface area contributed by atoms with Crippen LogP contribution in [0.15, 0.2) is 34.7 Å². The van der Waals surface area contributed by atoms with Crippen molar-refractivity contribution >= 4 is 23.3 Å². The minimum atomic E-state index is -0.395. The van der Waals surface area contributed by atoms with E-state index in [9.17, 15) is 5.11 Å². The first-order chi connectivity index (χ1) is 9.70. The molecule has 0 fully saturated rings. The van der Waals surface area contributed by atoms with Gasteiger partial charge in [-0.05, 0) is 37.5 Å². The predicted octanol–water partition coefficient (Wildman–Crippen LogP) is 2.44. The number of nitrogens with one attached hydrogen (secondary N) is 1. The molecule has 0 amide bonds. The van der Waals surface area contributed by atoms with Crippen molar-refractivity contribution in [3.8, 4) is 0 Å². The number of hydrogen-bond acceptors (Lipinski definition) is 6. The summed E-state index contributed by atoms with van der Waals surface area (Å²) in [6.07, 6.45) is 0.827. The number of hydrogen-bond donors (Lipinski definition) is 2. The number of likely N-dealkylation sites (N-methyl/N-ethyl adjacent to an activating group) is 1. The molecule has 0 aliphatic carbocycles. The number of thioether (sulfide) groups is 1. The Balaban J connectivity index is 2.02. The standard InChI is InChI=1S/C14H19N3OS2/c1-11-16-13(20-17-11)19-9-8-14(10-18,15-2)12-6-4-3-5-7-12/h3-7,15,18H,8-10H2,1-2H3. The van der Waals surface area contributed by atoms with E-state index in [1.165, 1.54) is 11.5 Å². The Morgan fingerprint density at radius 1 is 1.35 bits per heavy atom. The lowest BCUT2D eigenvalue weighted by Gasteiger charge is -2.32. The molecule has 1 unspecified atom stereocenters. The summed E-state index contributed by atoms with van der Waals surface area (Å²) in [6, 6.07) is 10.1. The average molecular weight is 309 g/mol. The summed E-state index contributed by atoms with van der Waals surface area (Å²) < 4.78 is 5.16. The maximum absolute atomic E-state index is 9.83. The molecular weight excluding hydrogens is 290 g/mol. The van der Waals surface area contributed by atoms with E-state index in [0.29, 0.717) is 0 Å². The van der Waals surface area contributed by atoms with Crippen LogP contribution >= 0.6 is 23.3 Å². The van der Waals surface area contributed by atoms with Crippen LogP contribution in [0.2, 0.25) is 0 Å². The summed E-state index contributed by atoms with van der Waals surface area (Å²) in [7, 11) is 1.89. The van der Waals surface area contributed by atoms with Crippen LogP contribution in [-0.4, -0.2) is 33.9 Å². The van der Waals surface area contributed by atoms with E-state index in [1.54, 1.807) is 11.8 Å². The molecule has 1 aromatic heterocycles. The molecular formula is C14H19N3OS2. The molecule has 0 spiro atoms. The van der Waals surface area contributed by atoms with E-state index in [-0.39, 0.29) is 6.61 Å². The molecule has 2 rings (SSSR count). The first kappa shape index (κ1) is 15.4. The SMILES string of the molecule is CNC(CO)(CCSc1nc(C)ns1)c1ccccc1. The van der Waals surface area contributed by atoms with E-state index >= 15 is 0 Å². The van der Waals surface area contributed by atoms with Gasteiger partial charge < -0.3 is 10.4 Å². The molecule has 4 nitrogen and oxygen atoms in total. The Kier molecular flexibility index (Phi) is 5.54. The zero-order chi connectivity index (χ0) is 14.4. The second-order valence-electron chi connectivity index (χ2n) is 4.56. The molecule has 0 aliphatic heterocycles. The minimum Gasteiger partial charge on any atom is -0.394 e. The molecule has 0 saturated heterocycles. The van der Waals surface area contributed by atoms with Gasteiger partial charge in [0, 0.05) is 5.75 Å². The zero-order valence-corrected chi connectivity index (χ0v) is 13.3. The topological polar surface area (TPSA) is 58.0 Å². The van der Waals surface area contributed by atoms with Crippen LogP contribution in [0.5, 0.6) is 0 Å². The van der Waals surface area contributed by atoms with Crippen molar-refractivity contribution < 1.29 is 5.11 Å². The van der Waals surface area contributed by atoms with Gasteiger partial charge in [0.2, 0.25) is 0 Å². The van der Waals surface area contributed by atoms with Gasteiger partial charge in [0.1, 0.15) is 5.82 Å². The van der Waals surface area contributed by atoms with Gasteiger partial charge in [0.05, 0.1) is 12.1 Å². The van der Waals surface area contributed by atoms with Crippen LogP contribution in [0.25, 0.3) is 0 Å². The van der Waals surface area contributed by atoms with Crippen molar-refractivity contribution in [2.24, 2.45) is 0 Å². The molecule has 1 aromatic carbocycles. The Hall–Kier alpha value is -0.950. The smallest absolute Gasteiger partial charge is 0.170 e. The molecule has 2 aromatic rings. The van der Waals surface area contributed by atoms with Crippen molar-refractivity contribution in [1.29, 1.82) is 0 Å². The number of nitrogens with zero attached hydrogens (tertiary/aromatic N) is 2. The van der Waals surface area contributed by atoms with Crippen LogP contribution in [0, 0.1) is 6.92 Å². The van der Waals surface area contributed by atoms with Gasteiger partial charge in [0.15, 0.2) is 4.34 Å². The fraction of sp³-hybridized carbons (Fsp3) is 0.429. The van der Waals surface area contributed by atoms with Crippen LogP contribution < -0.4 is 5.32 Å². The lowest BCUT2D eigenvalue weighted by Crippen LogP contribution is -2.44. The molecule has 108 valence electrons. The number of aliphatic hydroxyl groups excluding tert-OH is 1.